The predicted octanol–water partition coefficient (Wildman–Crippen LogP) is 3.77. The second-order valence-electron chi connectivity index (χ2n) is 4.34. The van der Waals surface area contributed by atoms with E-state index >= 15 is 0 Å². The van der Waals surface area contributed by atoms with Crippen LogP contribution in [0.25, 0.3) is 0 Å². The number of fused-ring (bicyclic) bond motifs is 1. The lowest BCUT2D eigenvalue weighted by Gasteiger charge is -2.16. The summed E-state index contributed by atoms with van der Waals surface area (Å²) in [5.74, 6) is 0.617. The van der Waals surface area contributed by atoms with Crippen LogP contribution in [0.4, 0.5) is 5.69 Å². The fourth-order valence-corrected chi connectivity index (χ4v) is 2.08. The van der Waals surface area contributed by atoms with E-state index in [2.05, 4.69) is 37.9 Å². The van der Waals surface area contributed by atoms with Gasteiger partial charge in [0.15, 0.2) is 0 Å². The van der Waals surface area contributed by atoms with Gasteiger partial charge in [0.1, 0.15) is 0 Å². The molecule has 0 spiro atoms. The molecule has 0 saturated carbocycles. The summed E-state index contributed by atoms with van der Waals surface area (Å²) in [6.45, 7) is 6.68. The van der Waals surface area contributed by atoms with Crippen molar-refractivity contribution in [2.45, 2.75) is 39.5 Å². The highest BCUT2D eigenvalue weighted by Crippen LogP contribution is 2.30. The molecule has 0 saturated heterocycles. The van der Waals surface area contributed by atoms with Crippen LogP contribution in [0.5, 0.6) is 0 Å². The van der Waals surface area contributed by atoms with Crippen molar-refractivity contribution in [3.05, 3.63) is 28.8 Å². The largest absolute Gasteiger partial charge is 0.261 e. The zero-order valence-corrected chi connectivity index (χ0v) is 9.17. The number of benzene rings is 1. The summed E-state index contributed by atoms with van der Waals surface area (Å²) < 4.78 is 0. The van der Waals surface area contributed by atoms with E-state index in [1.165, 1.54) is 22.4 Å². The summed E-state index contributed by atoms with van der Waals surface area (Å²) in [5, 5.41) is 0. The summed E-state index contributed by atoms with van der Waals surface area (Å²) in [4.78, 5) is 4.43. The zero-order chi connectivity index (χ0) is 10.1. The molecule has 1 nitrogen and oxygen atoms in total. The van der Waals surface area contributed by atoms with Crippen molar-refractivity contribution in [2.24, 2.45) is 4.99 Å². The van der Waals surface area contributed by atoms with Crippen molar-refractivity contribution in [1.82, 2.24) is 0 Å². The molecule has 0 atom stereocenters. The third kappa shape index (κ3) is 1.59. The third-order valence-corrected chi connectivity index (χ3v) is 2.86. The monoisotopic (exact) mass is 187 g/mol. The van der Waals surface area contributed by atoms with Gasteiger partial charge in [-0.25, -0.2) is 0 Å². The maximum atomic E-state index is 4.43. The molecule has 0 unspecified atom stereocenters. The van der Waals surface area contributed by atoms with E-state index in [9.17, 15) is 0 Å². The lowest BCUT2D eigenvalue weighted by Crippen LogP contribution is -1.99. The molecular weight excluding hydrogens is 170 g/mol. The number of rotatable bonds is 1. The molecular formula is C13H17N. The van der Waals surface area contributed by atoms with E-state index in [4.69, 9.17) is 0 Å². The molecule has 1 heterocycles. The zero-order valence-electron chi connectivity index (χ0n) is 9.17. The third-order valence-electron chi connectivity index (χ3n) is 2.86. The smallest absolute Gasteiger partial charge is 0.0660 e. The number of nitrogens with zero attached hydrogens (tertiary/aromatic N) is 1. The van der Waals surface area contributed by atoms with Crippen LogP contribution in [-0.4, -0.2) is 6.21 Å². The van der Waals surface area contributed by atoms with Crippen molar-refractivity contribution in [1.29, 1.82) is 0 Å². The molecule has 0 aromatic heterocycles. The minimum atomic E-state index is 0.617. The van der Waals surface area contributed by atoms with Crippen LogP contribution in [0, 0.1) is 6.92 Å². The van der Waals surface area contributed by atoms with Gasteiger partial charge >= 0.3 is 0 Å². The van der Waals surface area contributed by atoms with Gasteiger partial charge in [0, 0.05) is 6.21 Å². The molecule has 0 fully saturated rings. The van der Waals surface area contributed by atoms with Gasteiger partial charge in [0.2, 0.25) is 0 Å². The Morgan fingerprint density at radius 1 is 1.29 bits per heavy atom. The van der Waals surface area contributed by atoms with Crippen LogP contribution in [0.15, 0.2) is 17.1 Å². The average molecular weight is 187 g/mol. The highest BCUT2D eigenvalue weighted by Gasteiger charge is 2.10. The van der Waals surface area contributed by atoms with E-state index in [0.717, 1.165) is 12.8 Å². The minimum Gasteiger partial charge on any atom is -0.261 e. The first kappa shape index (κ1) is 9.45. The maximum absolute atomic E-state index is 4.43. The first-order valence-corrected chi connectivity index (χ1v) is 5.34. The van der Waals surface area contributed by atoms with Crippen molar-refractivity contribution in [3.8, 4) is 0 Å². The Labute approximate surface area is 85.9 Å². The molecule has 74 valence electrons. The normalized spacial score (nSPS) is 14.6. The molecule has 14 heavy (non-hydrogen) atoms. The van der Waals surface area contributed by atoms with Gasteiger partial charge in [-0.05, 0) is 48.4 Å². The summed E-state index contributed by atoms with van der Waals surface area (Å²) in [6, 6.07) is 4.56. The number of hydrogen-bond acceptors (Lipinski definition) is 1. The first-order chi connectivity index (χ1) is 6.68. The van der Waals surface area contributed by atoms with E-state index in [1.54, 1.807) is 0 Å². The molecule has 0 radical (unpaired) electrons. The SMILES string of the molecule is Cc1cc2c(cc1C(C)C)CCC=N2. The van der Waals surface area contributed by atoms with Gasteiger partial charge < -0.3 is 0 Å². The van der Waals surface area contributed by atoms with Gasteiger partial charge in [-0.2, -0.15) is 0 Å². The molecule has 0 amide bonds. The van der Waals surface area contributed by atoms with Gasteiger partial charge in [-0.1, -0.05) is 19.9 Å². The Hall–Kier alpha value is -1.11. The Morgan fingerprint density at radius 3 is 2.79 bits per heavy atom. The van der Waals surface area contributed by atoms with Crippen molar-refractivity contribution >= 4 is 11.9 Å². The lowest BCUT2D eigenvalue weighted by atomic mass is 9.92. The molecule has 1 heteroatoms. The van der Waals surface area contributed by atoms with Crippen molar-refractivity contribution < 1.29 is 0 Å². The highest BCUT2D eigenvalue weighted by molar-refractivity contribution is 5.69. The minimum absolute atomic E-state index is 0.617. The van der Waals surface area contributed by atoms with Gasteiger partial charge in [0.05, 0.1) is 5.69 Å². The Kier molecular flexibility index (Phi) is 2.40. The predicted molar refractivity (Wildman–Crippen MR) is 61.7 cm³/mol. The molecule has 0 N–H and O–H groups in total. The molecule has 0 aliphatic carbocycles. The van der Waals surface area contributed by atoms with E-state index in [0.29, 0.717) is 5.92 Å². The van der Waals surface area contributed by atoms with Crippen molar-refractivity contribution in [3.63, 3.8) is 0 Å². The fraction of sp³-hybridized carbons (Fsp3) is 0.462. The van der Waals surface area contributed by atoms with Crippen LogP contribution in [0.1, 0.15) is 42.9 Å². The average Bonchev–Trinajstić information content (AvgIpc) is 2.16. The van der Waals surface area contributed by atoms with Gasteiger partial charge in [-0.3, -0.25) is 4.99 Å². The number of aliphatic imine (C=N–C) groups is 1. The molecule has 1 aromatic rings. The number of aryl methyl sites for hydroxylation is 2. The summed E-state index contributed by atoms with van der Waals surface area (Å²) in [5.41, 5.74) is 5.44. The highest BCUT2D eigenvalue weighted by atomic mass is 14.7. The number of hydrogen-bond donors (Lipinski definition) is 0. The summed E-state index contributed by atoms with van der Waals surface area (Å²) in [6.07, 6.45) is 4.27. The molecule has 1 aliphatic rings. The van der Waals surface area contributed by atoms with E-state index in [1.807, 2.05) is 6.21 Å². The standard InChI is InChI=1S/C13H17N/c1-9(2)12-8-11-5-4-6-14-13(11)7-10(12)3/h6-9H,4-5H2,1-3H3. The van der Waals surface area contributed by atoms with Crippen LogP contribution in [0.2, 0.25) is 0 Å². The van der Waals surface area contributed by atoms with Gasteiger partial charge in [-0.15, -0.1) is 0 Å². The molecule has 0 bridgehead atoms. The Bertz CT molecular complexity index is 375. The quantitative estimate of drug-likeness (QED) is 0.634. The van der Waals surface area contributed by atoms with E-state index in [-0.39, 0.29) is 0 Å². The van der Waals surface area contributed by atoms with Crippen LogP contribution in [0.3, 0.4) is 0 Å². The Morgan fingerprint density at radius 2 is 2.07 bits per heavy atom. The summed E-state index contributed by atoms with van der Waals surface area (Å²) >= 11 is 0. The lowest BCUT2D eigenvalue weighted by molar-refractivity contribution is 0.849. The second-order valence-corrected chi connectivity index (χ2v) is 4.34. The van der Waals surface area contributed by atoms with Crippen molar-refractivity contribution in [2.75, 3.05) is 0 Å². The summed E-state index contributed by atoms with van der Waals surface area (Å²) in [7, 11) is 0. The fourth-order valence-electron chi connectivity index (χ4n) is 2.08. The van der Waals surface area contributed by atoms with Crippen LogP contribution >= 0.6 is 0 Å². The molecule has 1 aromatic carbocycles. The Balaban J connectivity index is 2.52. The van der Waals surface area contributed by atoms with E-state index < -0.39 is 0 Å². The van der Waals surface area contributed by atoms with Gasteiger partial charge in [0.25, 0.3) is 0 Å². The van der Waals surface area contributed by atoms with Crippen LogP contribution in [-0.2, 0) is 6.42 Å². The molecule has 2 rings (SSSR count). The first-order valence-electron chi connectivity index (χ1n) is 5.34. The maximum Gasteiger partial charge on any atom is 0.0660 e. The molecule has 1 aliphatic heterocycles. The van der Waals surface area contributed by atoms with Crippen LogP contribution < -0.4 is 0 Å². The second kappa shape index (κ2) is 3.56. The topological polar surface area (TPSA) is 12.4 Å².